The quantitative estimate of drug-likeness (QED) is 0.761. The molecule has 0 amide bonds. The third kappa shape index (κ3) is 3.09. The molecule has 2 nitrogen and oxygen atoms in total. The molecule has 0 aromatic heterocycles. The lowest BCUT2D eigenvalue weighted by atomic mass is 10.0. The SMILES string of the molecule is CC(=O)c1ccc2ccccc2c1OCC(Cl)=CCl. The van der Waals surface area contributed by atoms with Crippen LogP contribution in [0.2, 0.25) is 0 Å². The highest BCUT2D eigenvalue weighted by molar-refractivity contribution is 6.36. The summed E-state index contributed by atoms with van der Waals surface area (Å²) in [6.07, 6.45) is 0. The van der Waals surface area contributed by atoms with Gasteiger partial charge in [-0.3, -0.25) is 4.79 Å². The van der Waals surface area contributed by atoms with E-state index in [-0.39, 0.29) is 12.4 Å². The van der Waals surface area contributed by atoms with E-state index in [9.17, 15) is 4.79 Å². The van der Waals surface area contributed by atoms with Crippen molar-refractivity contribution in [1.82, 2.24) is 0 Å². The van der Waals surface area contributed by atoms with Crippen LogP contribution in [0.4, 0.5) is 0 Å². The number of benzene rings is 2. The lowest BCUT2D eigenvalue weighted by Gasteiger charge is -2.12. The summed E-state index contributed by atoms with van der Waals surface area (Å²) in [5, 5.41) is 2.27. The molecule has 2 aromatic carbocycles. The normalized spacial score (nSPS) is 11.6. The fraction of sp³-hybridized carbons (Fsp3) is 0.133. The number of Topliss-reactive ketones (excluding diaryl/α,β-unsaturated/α-hetero) is 1. The molecule has 0 bridgehead atoms. The van der Waals surface area contributed by atoms with Gasteiger partial charge in [-0.2, -0.15) is 0 Å². The molecule has 0 aliphatic carbocycles. The van der Waals surface area contributed by atoms with Gasteiger partial charge in [-0.05, 0) is 18.4 Å². The monoisotopic (exact) mass is 294 g/mol. The van der Waals surface area contributed by atoms with Gasteiger partial charge in [-0.25, -0.2) is 0 Å². The first-order valence-corrected chi connectivity index (χ1v) is 6.55. The van der Waals surface area contributed by atoms with Crippen molar-refractivity contribution in [1.29, 1.82) is 0 Å². The van der Waals surface area contributed by atoms with Crippen molar-refractivity contribution in [2.24, 2.45) is 0 Å². The summed E-state index contributed by atoms with van der Waals surface area (Å²) < 4.78 is 5.66. The van der Waals surface area contributed by atoms with Crippen LogP contribution in [-0.4, -0.2) is 12.4 Å². The molecule has 0 radical (unpaired) electrons. The Balaban J connectivity index is 2.52. The summed E-state index contributed by atoms with van der Waals surface area (Å²) in [6.45, 7) is 1.65. The molecule has 2 aromatic rings. The maximum Gasteiger partial charge on any atom is 0.163 e. The van der Waals surface area contributed by atoms with Crippen LogP contribution < -0.4 is 4.74 Å². The van der Waals surface area contributed by atoms with E-state index in [4.69, 9.17) is 27.9 Å². The minimum absolute atomic E-state index is 0.0493. The number of hydrogen-bond acceptors (Lipinski definition) is 2. The largest absolute Gasteiger partial charge is 0.487 e. The van der Waals surface area contributed by atoms with Crippen molar-refractivity contribution < 1.29 is 9.53 Å². The van der Waals surface area contributed by atoms with Crippen molar-refractivity contribution in [3.05, 3.63) is 52.5 Å². The van der Waals surface area contributed by atoms with Gasteiger partial charge in [0.05, 0.1) is 10.6 Å². The Morgan fingerprint density at radius 3 is 2.68 bits per heavy atom. The zero-order valence-corrected chi connectivity index (χ0v) is 11.8. The van der Waals surface area contributed by atoms with Crippen molar-refractivity contribution in [3.63, 3.8) is 0 Å². The van der Waals surface area contributed by atoms with Crippen LogP contribution in [0.15, 0.2) is 47.0 Å². The Morgan fingerprint density at radius 1 is 1.26 bits per heavy atom. The number of ketones is 1. The second kappa shape index (κ2) is 6.09. The van der Waals surface area contributed by atoms with E-state index in [0.717, 1.165) is 10.8 Å². The van der Waals surface area contributed by atoms with Crippen LogP contribution in [-0.2, 0) is 0 Å². The van der Waals surface area contributed by atoms with Crippen molar-refractivity contribution in [2.45, 2.75) is 6.92 Å². The van der Waals surface area contributed by atoms with Gasteiger partial charge in [0, 0.05) is 10.9 Å². The van der Waals surface area contributed by atoms with Crippen molar-refractivity contribution >= 4 is 39.8 Å². The molecule has 0 atom stereocenters. The van der Waals surface area contributed by atoms with Crippen LogP contribution in [0.5, 0.6) is 5.75 Å². The standard InChI is InChI=1S/C15H12Cl2O2/c1-10(18)13-7-6-11-4-2-3-5-14(11)15(13)19-9-12(17)8-16/h2-8H,9H2,1H3. The number of fused-ring (bicyclic) bond motifs is 1. The molecular formula is C15H12Cl2O2. The zero-order chi connectivity index (χ0) is 13.8. The molecule has 4 heteroatoms. The molecular weight excluding hydrogens is 283 g/mol. The van der Waals surface area contributed by atoms with Crippen molar-refractivity contribution in [2.75, 3.05) is 6.61 Å². The first-order chi connectivity index (χ1) is 9.13. The first kappa shape index (κ1) is 13.9. The highest BCUT2D eigenvalue weighted by Crippen LogP contribution is 2.30. The minimum Gasteiger partial charge on any atom is -0.487 e. The van der Waals surface area contributed by atoms with Crippen LogP contribution in [0, 0.1) is 0 Å². The molecule has 0 unspecified atom stereocenters. The predicted molar refractivity (Wildman–Crippen MR) is 79.2 cm³/mol. The minimum atomic E-state index is -0.0493. The number of halogens is 2. The van der Waals surface area contributed by atoms with Crippen LogP contribution in [0.1, 0.15) is 17.3 Å². The van der Waals surface area contributed by atoms with E-state index in [0.29, 0.717) is 16.3 Å². The number of carbonyl (C=O) groups is 1. The molecule has 0 saturated carbocycles. The molecule has 0 N–H and O–H groups in total. The van der Waals surface area contributed by atoms with Gasteiger partial charge < -0.3 is 4.74 Å². The van der Waals surface area contributed by atoms with Crippen LogP contribution in [0.3, 0.4) is 0 Å². The Labute approximate surface area is 121 Å². The summed E-state index contributed by atoms with van der Waals surface area (Å²) in [6, 6.07) is 11.4. The fourth-order valence-electron chi connectivity index (χ4n) is 1.85. The van der Waals surface area contributed by atoms with Gasteiger partial charge in [-0.1, -0.05) is 53.5 Å². The van der Waals surface area contributed by atoms with E-state index >= 15 is 0 Å². The molecule has 0 saturated heterocycles. The fourth-order valence-corrected chi connectivity index (χ4v) is 1.97. The van der Waals surface area contributed by atoms with Gasteiger partial charge >= 0.3 is 0 Å². The Kier molecular flexibility index (Phi) is 4.46. The molecule has 0 fully saturated rings. The maximum atomic E-state index is 11.7. The molecule has 0 aliphatic heterocycles. The first-order valence-electron chi connectivity index (χ1n) is 5.73. The van der Waals surface area contributed by atoms with Crippen LogP contribution >= 0.6 is 23.2 Å². The van der Waals surface area contributed by atoms with E-state index in [1.54, 1.807) is 6.07 Å². The second-order valence-electron chi connectivity index (χ2n) is 4.06. The highest BCUT2D eigenvalue weighted by Gasteiger charge is 2.12. The molecule has 0 heterocycles. The highest BCUT2D eigenvalue weighted by atomic mass is 35.5. The molecule has 19 heavy (non-hydrogen) atoms. The predicted octanol–water partition coefficient (Wildman–Crippen LogP) is 4.74. The Hall–Kier alpha value is -1.51. The average molecular weight is 295 g/mol. The number of ether oxygens (including phenoxy) is 1. The summed E-state index contributed by atoms with van der Waals surface area (Å²) in [5.41, 5.74) is 1.79. The van der Waals surface area contributed by atoms with E-state index in [1.165, 1.54) is 12.5 Å². The number of carbonyl (C=O) groups excluding carboxylic acids is 1. The zero-order valence-electron chi connectivity index (χ0n) is 10.3. The Morgan fingerprint density at radius 2 is 2.00 bits per heavy atom. The summed E-state index contributed by atoms with van der Waals surface area (Å²) in [7, 11) is 0. The number of hydrogen-bond donors (Lipinski definition) is 0. The lowest BCUT2D eigenvalue weighted by Crippen LogP contribution is -2.03. The molecule has 98 valence electrons. The van der Waals surface area contributed by atoms with Crippen LogP contribution in [0.25, 0.3) is 10.8 Å². The summed E-state index contributed by atoms with van der Waals surface area (Å²) in [4.78, 5) is 11.7. The smallest absolute Gasteiger partial charge is 0.163 e. The number of rotatable bonds is 4. The van der Waals surface area contributed by atoms with E-state index in [1.807, 2.05) is 30.3 Å². The Bertz CT molecular complexity index is 648. The van der Waals surface area contributed by atoms with Gasteiger partial charge in [-0.15, -0.1) is 0 Å². The second-order valence-corrected chi connectivity index (χ2v) is 4.77. The topological polar surface area (TPSA) is 26.3 Å². The third-order valence-electron chi connectivity index (χ3n) is 2.73. The maximum absolute atomic E-state index is 11.7. The summed E-state index contributed by atoms with van der Waals surface area (Å²) >= 11 is 11.3. The van der Waals surface area contributed by atoms with Gasteiger partial charge in [0.2, 0.25) is 0 Å². The molecule has 0 spiro atoms. The molecule has 0 aliphatic rings. The molecule has 2 rings (SSSR count). The van der Waals surface area contributed by atoms with Gasteiger partial charge in [0.25, 0.3) is 0 Å². The van der Waals surface area contributed by atoms with Gasteiger partial charge in [0.1, 0.15) is 12.4 Å². The summed E-state index contributed by atoms with van der Waals surface area (Å²) in [5.74, 6) is 0.494. The third-order valence-corrected chi connectivity index (χ3v) is 3.33. The van der Waals surface area contributed by atoms with E-state index < -0.39 is 0 Å². The average Bonchev–Trinajstić information content (AvgIpc) is 2.43. The van der Waals surface area contributed by atoms with Crippen molar-refractivity contribution in [3.8, 4) is 5.75 Å². The van der Waals surface area contributed by atoms with E-state index in [2.05, 4.69) is 0 Å². The lowest BCUT2D eigenvalue weighted by molar-refractivity contribution is 0.101. The van der Waals surface area contributed by atoms with Gasteiger partial charge in [0.15, 0.2) is 5.78 Å².